The number of benzene rings is 1. The number of carbonyl (C=O) groups is 1. The van der Waals surface area contributed by atoms with Crippen molar-refractivity contribution in [3.05, 3.63) is 47.4 Å². The summed E-state index contributed by atoms with van der Waals surface area (Å²) in [4.78, 5) is 22.4. The zero-order valence-corrected chi connectivity index (χ0v) is 14.2. The minimum absolute atomic E-state index is 0.217. The van der Waals surface area contributed by atoms with Crippen LogP contribution >= 0.6 is 0 Å². The summed E-state index contributed by atoms with van der Waals surface area (Å²) in [6, 6.07) is 6.08. The topological polar surface area (TPSA) is 58.1 Å². The Morgan fingerprint density at radius 1 is 1.12 bits per heavy atom. The van der Waals surface area contributed by atoms with Gasteiger partial charge in [0.15, 0.2) is 0 Å². The first-order chi connectivity index (χ1) is 11.7. The highest BCUT2D eigenvalue weighted by molar-refractivity contribution is 5.93. The summed E-state index contributed by atoms with van der Waals surface area (Å²) >= 11 is 0. The molecule has 0 saturated heterocycles. The van der Waals surface area contributed by atoms with Gasteiger partial charge in [0.2, 0.25) is 0 Å². The molecule has 1 amide bonds. The summed E-state index contributed by atoms with van der Waals surface area (Å²) in [6.07, 6.45) is -4.38. The smallest absolute Gasteiger partial charge is 0.340 e. The third-order valence-electron chi connectivity index (χ3n) is 3.59. The molecule has 0 fully saturated rings. The van der Waals surface area contributed by atoms with E-state index in [0.717, 1.165) is 12.1 Å². The molecular weight excluding hydrogens is 333 g/mol. The molecule has 0 saturated carbocycles. The molecular formula is C17H19F3N4O. The Balaban J connectivity index is 2.24. The average molecular weight is 352 g/mol. The molecule has 8 heteroatoms. The maximum Gasteiger partial charge on any atom is 0.416 e. The van der Waals surface area contributed by atoms with Gasteiger partial charge >= 0.3 is 6.18 Å². The SMILES string of the molecule is CCN(CC)C(=O)c1cc(Nc2ccc(C(F)(F)F)cc2)nc(C)n1. The molecule has 0 aliphatic rings. The van der Waals surface area contributed by atoms with E-state index in [1.807, 2.05) is 13.8 Å². The quantitative estimate of drug-likeness (QED) is 0.883. The van der Waals surface area contributed by atoms with Crippen LogP contribution in [0.1, 0.15) is 35.7 Å². The van der Waals surface area contributed by atoms with Crippen LogP contribution in [0.3, 0.4) is 0 Å². The molecule has 134 valence electrons. The van der Waals surface area contributed by atoms with Gasteiger partial charge in [-0.25, -0.2) is 9.97 Å². The highest BCUT2D eigenvalue weighted by atomic mass is 19.4. The first-order valence-electron chi connectivity index (χ1n) is 7.83. The monoisotopic (exact) mass is 352 g/mol. The number of hydrogen-bond acceptors (Lipinski definition) is 4. The van der Waals surface area contributed by atoms with Gasteiger partial charge in [0.05, 0.1) is 5.56 Å². The van der Waals surface area contributed by atoms with Crippen molar-refractivity contribution < 1.29 is 18.0 Å². The molecule has 1 heterocycles. The molecule has 1 aromatic carbocycles. The van der Waals surface area contributed by atoms with Crippen LogP contribution in [0, 0.1) is 6.92 Å². The second-order valence-corrected chi connectivity index (χ2v) is 5.36. The first-order valence-corrected chi connectivity index (χ1v) is 7.83. The predicted octanol–water partition coefficient (Wildman–Crippen LogP) is 4.03. The van der Waals surface area contributed by atoms with Crippen LogP contribution in [0.5, 0.6) is 0 Å². The molecule has 1 N–H and O–H groups in total. The van der Waals surface area contributed by atoms with Crippen molar-refractivity contribution in [1.29, 1.82) is 0 Å². The largest absolute Gasteiger partial charge is 0.416 e. The van der Waals surface area contributed by atoms with Gasteiger partial charge in [-0.3, -0.25) is 4.79 Å². The minimum atomic E-state index is -4.38. The van der Waals surface area contributed by atoms with Crippen molar-refractivity contribution in [2.24, 2.45) is 0 Å². The highest BCUT2D eigenvalue weighted by Gasteiger charge is 2.29. The molecule has 0 bridgehead atoms. The number of nitrogens with one attached hydrogen (secondary N) is 1. The van der Waals surface area contributed by atoms with Crippen LogP contribution in [0.4, 0.5) is 24.7 Å². The van der Waals surface area contributed by atoms with Crippen molar-refractivity contribution in [2.75, 3.05) is 18.4 Å². The lowest BCUT2D eigenvalue weighted by atomic mass is 10.2. The molecule has 0 atom stereocenters. The normalized spacial score (nSPS) is 11.3. The maximum atomic E-state index is 12.6. The Morgan fingerprint density at radius 2 is 1.72 bits per heavy atom. The third kappa shape index (κ3) is 4.68. The summed E-state index contributed by atoms with van der Waals surface area (Å²) in [5, 5.41) is 2.90. The standard InChI is InChI=1S/C17H19F3N4O/c1-4-24(5-2)16(25)14-10-15(22-11(3)21-14)23-13-8-6-12(7-9-13)17(18,19)20/h6-10H,4-5H2,1-3H3,(H,21,22,23). The number of alkyl halides is 3. The molecule has 0 aliphatic heterocycles. The van der Waals surface area contributed by atoms with E-state index in [1.54, 1.807) is 11.8 Å². The number of aryl methyl sites for hydroxylation is 1. The number of anilines is 2. The van der Waals surface area contributed by atoms with Crippen LogP contribution < -0.4 is 5.32 Å². The first kappa shape index (κ1) is 18.7. The van der Waals surface area contributed by atoms with Gasteiger partial charge in [0.1, 0.15) is 17.3 Å². The van der Waals surface area contributed by atoms with E-state index in [4.69, 9.17) is 0 Å². The Bertz CT molecular complexity index is 741. The van der Waals surface area contributed by atoms with Gasteiger partial charge in [-0.2, -0.15) is 13.2 Å². The second-order valence-electron chi connectivity index (χ2n) is 5.36. The van der Waals surface area contributed by atoms with Crippen molar-refractivity contribution in [1.82, 2.24) is 14.9 Å². The number of halogens is 3. The highest BCUT2D eigenvalue weighted by Crippen LogP contribution is 2.30. The molecule has 0 spiro atoms. The third-order valence-corrected chi connectivity index (χ3v) is 3.59. The van der Waals surface area contributed by atoms with Gasteiger partial charge in [0, 0.05) is 24.8 Å². The Labute approximate surface area is 143 Å². The molecule has 0 radical (unpaired) electrons. The zero-order valence-electron chi connectivity index (χ0n) is 14.2. The lowest BCUT2D eigenvalue weighted by Crippen LogP contribution is -2.31. The molecule has 0 unspecified atom stereocenters. The van der Waals surface area contributed by atoms with Crippen molar-refractivity contribution >= 4 is 17.4 Å². The van der Waals surface area contributed by atoms with Gasteiger partial charge in [-0.05, 0) is 45.0 Å². The van der Waals surface area contributed by atoms with Crippen LogP contribution in [0.15, 0.2) is 30.3 Å². The van der Waals surface area contributed by atoms with Crippen LogP contribution in [-0.4, -0.2) is 33.9 Å². The van der Waals surface area contributed by atoms with Gasteiger partial charge in [-0.1, -0.05) is 0 Å². The van der Waals surface area contributed by atoms with E-state index in [9.17, 15) is 18.0 Å². The van der Waals surface area contributed by atoms with Crippen LogP contribution in [0.2, 0.25) is 0 Å². The molecule has 1 aromatic heterocycles. The van der Waals surface area contributed by atoms with Gasteiger partial charge in [-0.15, -0.1) is 0 Å². The zero-order chi connectivity index (χ0) is 18.6. The van der Waals surface area contributed by atoms with Crippen molar-refractivity contribution in [3.63, 3.8) is 0 Å². The van der Waals surface area contributed by atoms with Crippen LogP contribution in [-0.2, 0) is 6.18 Å². The fourth-order valence-corrected chi connectivity index (χ4v) is 2.30. The van der Waals surface area contributed by atoms with Crippen molar-refractivity contribution in [3.8, 4) is 0 Å². The van der Waals surface area contributed by atoms with Gasteiger partial charge in [0.25, 0.3) is 5.91 Å². The minimum Gasteiger partial charge on any atom is -0.340 e. The Kier molecular flexibility index (Phi) is 5.61. The lowest BCUT2D eigenvalue weighted by molar-refractivity contribution is -0.137. The molecule has 25 heavy (non-hydrogen) atoms. The predicted molar refractivity (Wildman–Crippen MR) is 88.7 cm³/mol. The second kappa shape index (κ2) is 7.50. The Hall–Kier alpha value is -2.64. The number of rotatable bonds is 5. The van der Waals surface area contributed by atoms with E-state index >= 15 is 0 Å². The van der Waals surface area contributed by atoms with E-state index in [1.165, 1.54) is 18.2 Å². The number of amides is 1. The molecule has 5 nitrogen and oxygen atoms in total. The Morgan fingerprint density at radius 3 is 2.24 bits per heavy atom. The fraction of sp³-hybridized carbons (Fsp3) is 0.353. The van der Waals surface area contributed by atoms with Crippen molar-refractivity contribution in [2.45, 2.75) is 26.9 Å². The number of nitrogens with zero attached hydrogens (tertiary/aromatic N) is 3. The van der Waals surface area contributed by atoms with E-state index in [-0.39, 0.29) is 11.6 Å². The molecule has 0 aliphatic carbocycles. The summed E-state index contributed by atoms with van der Waals surface area (Å²) in [6.45, 7) is 6.50. The number of hydrogen-bond donors (Lipinski definition) is 1. The van der Waals surface area contributed by atoms with E-state index < -0.39 is 11.7 Å². The summed E-state index contributed by atoms with van der Waals surface area (Å²) < 4.78 is 37.8. The number of carbonyl (C=O) groups excluding carboxylic acids is 1. The van der Waals surface area contributed by atoms with E-state index in [0.29, 0.717) is 30.4 Å². The molecule has 2 rings (SSSR count). The number of aromatic nitrogens is 2. The summed E-state index contributed by atoms with van der Waals surface area (Å²) in [5.74, 6) is 0.529. The lowest BCUT2D eigenvalue weighted by Gasteiger charge is -2.18. The molecule has 2 aromatic rings. The fourth-order valence-electron chi connectivity index (χ4n) is 2.30. The summed E-state index contributed by atoms with van der Waals surface area (Å²) in [5.41, 5.74) is -0.0488. The van der Waals surface area contributed by atoms with E-state index in [2.05, 4.69) is 15.3 Å². The average Bonchev–Trinajstić information content (AvgIpc) is 2.55. The maximum absolute atomic E-state index is 12.6. The van der Waals surface area contributed by atoms with Crippen LogP contribution in [0.25, 0.3) is 0 Å². The van der Waals surface area contributed by atoms with Gasteiger partial charge < -0.3 is 10.2 Å². The summed E-state index contributed by atoms with van der Waals surface area (Å²) in [7, 11) is 0.